The van der Waals surface area contributed by atoms with Crippen molar-refractivity contribution in [3.63, 3.8) is 0 Å². The number of cyclic esters (lactones) is 1. The number of aliphatic hydroxyl groups excluding tert-OH is 10. The lowest BCUT2D eigenvalue weighted by Crippen LogP contribution is -2.61. The van der Waals surface area contributed by atoms with Gasteiger partial charge in [0.2, 0.25) is 0 Å². The number of allylic oxidation sites excluding steroid dienone is 12. The maximum absolute atomic E-state index is 12.6. The Bertz CT molecular complexity index is 1700. The van der Waals surface area contributed by atoms with E-state index in [1.165, 1.54) is 13.0 Å². The van der Waals surface area contributed by atoms with Crippen molar-refractivity contribution in [3.05, 3.63) is 85.1 Å². The number of aliphatic hydroxyl groups is 11. The van der Waals surface area contributed by atoms with Gasteiger partial charge in [0.25, 0.3) is 0 Å². The summed E-state index contributed by atoms with van der Waals surface area (Å²) in [4.78, 5) is 25.1. The van der Waals surface area contributed by atoms with Gasteiger partial charge in [-0.15, -0.1) is 0 Å². The van der Waals surface area contributed by atoms with Gasteiger partial charge in [0, 0.05) is 43.9 Å². The number of carboxylic acid groups (broad SMARTS) is 1. The van der Waals surface area contributed by atoms with Gasteiger partial charge >= 0.3 is 11.9 Å². The Morgan fingerprint density at radius 2 is 1.17 bits per heavy atom. The zero-order valence-corrected chi connectivity index (χ0v) is 37.9. The van der Waals surface area contributed by atoms with E-state index >= 15 is 0 Å². The van der Waals surface area contributed by atoms with Crippen molar-refractivity contribution >= 4 is 11.9 Å². The van der Waals surface area contributed by atoms with Gasteiger partial charge in [-0.3, -0.25) is 9.59 Å². The van der Waals surface area contributed by atoms with Crippen LogP contribution >= 0.6 is 0 Å². The first-order chi connectivity index (χ1) is 31.0. The number of carboxylic acids is 1. The molecule has 2 fully saturated rings. The van der Waals surface area contributed by atoms with E-state index in [4.69, 9.17) is 24.7 Å². The minimum atomic E-state index is -2.40. The minimum Gasteiger partial charge on any atom is -0.481 e. The van der Waals surface area contributed by atoms with Gasteiger partial charge in [0.15, 0.2) is 12.1 Å². The number of rotatable bonds is 3. The van der Waals surface area contributed by atoms with Crippen LogP contribution in [0.2, 0.25) is 0 Å². The maximum atomic E-state index is 12.6. The van der Waals surface area contributed by atoms with Crippen LogP contribution in [0.15, 0.2) is 85.1 Å². The molecule has 0 unspecified atom stereocenters. The van der Waals surface area contributed by atoms with Crippen molar-refractivity contribution in [2.24, 2.45) is 23.5 Å². The van der Waals surface area contributed by atoms with Gasteiger partial charge < -0.3 is 86.0 Å². The summed E-state index contributed by atoms with van der Waals surface area (Å²) in [5.41, 5.74) is 6.01. The molecule has 2 bridgehead atoms. The highest BCUT2D eigenvalue weighted by molar-refractivity contribution is 5.71. The van der Waals surface area contributed by atoms with E-state index in [2.05, 4.69) is 0 Å². The molecule has 0 aliphatic carbocycles. The molecule has 0 aromatic carbocycles. The molecular weight excluding hydrogens is 867 g/mol. The van der Waals surface area contributed by atoms with Crippen LogP contribution in [0.25, 0.3) is 0 Å². The average molecular weight is 940 g/mol. The van der Waals surface area contributed by atoms with Crippen LogP contribution in [0.4, 0.5) is 0 Å². The molecule has 19 heteroatoms. The first-order valence-corrected chi connectivity index (χ1v) is 22.4. The summed E-state index contributed by atoms with van der Waals surface area (Å²) in [6, 6.07) is -1.17. The van der Waals surface area contributed by atoms with Crippen LogP contribution in [-0.2, 0) is 28.5 Å². The largest absolute Gasteiger partial charge is 0.481 e. The third kappa shape index (κ3) is 18.2. The predicted molar refractivity (Wildman–Crippen MR) is 238 cm³/mol. The predicted octanol–water partition coefficient (Wildman–Crippen LogP) is -0.317. The highest BCUT2D eigenvalue weighted by atomic mass is 16.7. The number of aliphatic carboxylic acids is 1. The van der Waals surface area contributed by atoms with Gasteiger partial charge in [0.05, 0.1) is 79.6 Å². The van der Waals surface area contributed by atoms with E-state index in [1.807, 2.05) is 6.92 Å². The normalized spacial score (nSPS) is 42.7. The second-order valence-corrected chi connectivity index (χ2v) is 17.7. The number of esters is 1. The molecule has 3 aliphatic heterocycles. The van der Waals surface area contributed by atoms with Crippen molar-refractivity contribution in [3.8, 4) is 0 Å². The highest BCUT2D eigenvalue weighted by Gasteiger charge is 2.51. The van der Waals surface area contributed by atoms with Crippen LogP contribution in [0, 0.1) is 17.8 Å². The molecule has 3 aliphatic rings. The van der Waals surface area contributed by atoms with Crippen molar-refractivity contribution < 1.29 is 89.8 Å². The first-order valence-electron chi connectivity index (χ1n) is 22.4. The quantitative estimate of drug-likeness (QED) is 0.161. The molecule has 19 nitrogen and oxygen atoms in total. The van der Waals surface area contributed by atoms with Crippen LogP contribution in [-0.4, -0.2) is 177 Å². The summed E-state index contributed by atoms with van der Waals surface area (Å²) >= 11 is 0. The summed E-state index contributed by atoms with van der Waals surface area (Å²) in [5, 5.41) is 129. The maximum Gasteiger partial charge on any atom is 0.311 e. The summed E-state index contributed by atoms with van der Waals surface area (Å²) < 4.78 is 23.1. The fraction of sp³-hybridized carbons (Fsp3) is 0.660. The van der Waals surface area contributed by atoms with Gasteiger partial charge in [-0.1, -0.05) is 98.9 Å². The van der Waals surface area contributed by atoms with E-state index in [0.29, 0.717) is 0 Å². The molecule has 14 N–H and O–H groups in total. The summed E-state index contributed by atoms with van der Waals surface area (Å²) in [6.07, 6.45) is -0.958. The molecule has 0 saturated carbocycles. The Labute approximate surface area is 385 Å². The lowest BCUT2D eigenvalue weighted by Gasteiger charge is -2.45. The summed E-state index contributed by atoms with van der Waals surface area (Å²) in [7, 11) is 0. The minimum absolute atomic E-state index is 0.308. The van der Waals surface area contributed by atoms with Gasteiger partial charge in [-0.2, -0.15) is 0 Å². The molecule has 0 spiro atoms. The monoisotopic (exact) mass is 939 g/mol. The van der Waals surface area contributed by atoms with E-state index in [9.17, 15) is 70.9 Å². The topological polar surface area (TPSA) is 340 Å². The molecule has 374 valence electrons. The zero-order chi connectivity index (χ0) is 49.3. The number of ether oxygens (including phenoxy) is 4. The second kappa shape index (κ2) is 27.5. The van der Waals surface area contributed by atoms with Crippen LogP contribution < -0.4 is 5.73 Å². The number of fused-ring (bicyclic) bond motifs is 2. The third-order valence-electron chi connectivity index (χ3n) is 12.1. The Hall–Kier alpha value is -3.48. The Morgan fingerprint density at radius 1 is 0.636 bits per heavy atom. The smallest absolute Gasteiger partial charge is 0.311 e. The molecule has 0 radical (unpaired) electrons. The van der Waals surface area contributed by atoms with Gasteiger partial charge in [-0.25, -0.2) is 0 Å². The van der Waals surface area contributed by atoms with Crippen molar-refractivity contribution in [2.45, 2.75) is 176 Å². The van der Waals surface area contributed by atoms with Crippen molar-refractivity contribution in [2.75, 3.05) is 0 Å². The molecule has 3 heterocycles. The van der Waals surface area contributed by atoms with Gasteiger partial charge in [0.1, 0.15) is 24.2 Å². The molecule has 2 saturated heterocycles. The van der Waals surface area contributed by atoms with Gasteiger partial charge in [-0.05, 0) is 20.3 Å². The third-order valence-corrected chi connectivity index (χ3v) is 12.1. The number of hydrogen-bond donors (Lipinski definition) is 13. The first kappa shape index (κ1) is 56.8. The van der Waals surface area contributed by atoms with E-state index in [-0.39, 0.29) is 12.3 Å². The molecule has 0 aromatic rings. The molecule has 66 heavy (non-hydrogen) atoms. The van der Waals surface area contributed by atoms with Crippen molar-refractivity contribution in [1.29, 1.82) is 0 Å². The summed E-state index contributed by atoms with van der Waals surface area (Å²) in [6.45, 7) is 6.65. The number of nitrogens with two attached hydrogens (primary N) is 1. The van der Waals surface area contributed by atoms with E-state index in [0.717, 1.165) is 0 Å². The molecule has 0 amide bonds. The van der Waals surface area contributed by atoms with Crippen molar-refractivity contribution in [1.82, 2.24) is 0 Å². The van der Waals surface area contributed by atoms with Crippen LogP contribution in [0.5, 0.6) is 0 Å². The Kier molecular flexibility index (Phi) is 23.7. The van der Waals surface area contributed by atoms with E-state index in [1.54, 1.807) is 92.8 Å². The molecular formula is C47H73NO18. The zero-order valence-electron chi connectivity index (χ0n) is 37.9. The fourth-order valence-electron chi connectivity index (χ4n) is 8.05. The standard InChI is InChI=1S/C47H73NO18/c1-26-17-15-13-11-9-7-5-6-8-10-12-14-16-18-33(65-46-44(59)40(48)42(57)29(4)64-46)23-37-39(45(60)61)36(54)25-47(62,66-37)24-32(51)21-35(53)43(58)34(52)20-30(49)19-31(50)22-38(55)63-28(3)27(2)41(26)56/h5-18,26-37,39-44,46,49-54,56-59,62H,19-25,48H2,1-4H3,(H,60,61)/t26-,27-,28-,29+,30-,31+,32-,33-,34-,35+,36-,37-,39+,40-,41+,42+,43+,44-,46-,47+/m0/s1. The number of hydrogen-bond acceptors (Lipinski definition) is 18. The average Bonchev–Trinajstić information content (AvgIpc) is 3.22. The van der Waals surface area contributed by atoms with E-state index < -0.39 is 166 Å². The lowest BCUT2D eigenvalue weighted by molar-refractivity contribution is -0.308. The molecule has 3 rings (SSSR count). The Balaban J connectivity index is 1.88. The number of carbonyl (C=O) groups is 2. The number of carbonyl (C=O) groups excluding carboxylic acids is 1. The Morgan fingerprint density at radius 3 is 1.73 bits per heavy atom. The summed E-state index contributed by atoms with van der Waals surface area (Å²) in [5.74, 6) is -7.09. The lowest BCUT2D eigenvalue weighted by atomic mass is 9.82. The molecule has 0 aromatic heterocycles. The highest BCUT2D eigenvalue weighted by Crippen LogP contribution is 2.38. The van der Waals surface area contributed by atoms with Crippen LogP contribution in [0.3, 0.4) is 0 Å². The second-order valence-electron chi connectivity index (χ2n) is 17.7. The van der Waals surface area contributed by atoms with Crippen LogP contribution in [0.1, 0.15) is 72.6 Å². The molecule has 20 atom stereocenters. The fourth-order valence-corrected chi connectivity index (χ4v) is 8.05. The SMILES string of the molecule is C[C@@H]1[C@H](O)[C@@H](C)C=CC=CC=CC=CC=CC=CC=C[C@H](O[C@@H]2O[C@H](C)[C@@H](O)[C@H](N)[C@@H]2O)C[C@@H]2O[C@](O)(C[C@@H](O)C[C@@H](O)[C@H](O)[C@@H](O)C[C@@H](O)C[C@@H](O)CC(=O)O[C@H]1C)C[C@H](O)[C@H]2C(=O)O.